The van der Waals surface area contributed by atoms with Crippen LogP contribution in [0.25, 0.3) is 0 Å². The fraction of sp³-hybridized carbons (Fsp3) is 0.562. The molecule has 1 aromatic rings. The van der Waals surface area contributed by atoms with E-state index in [2.05, 4.69) is 29.8 Å². The molecule has 0 fully saturated rings. The van der Waals surface area contributed by atoms with Crippen LogP contribution in [0, 0.1) is 5.92 Å². The second kappa shape index (κ2) is 9.23. The van der Waals surface area contributed by atoms with E-state index < -0.39 is 0 Å². The lowest BCUT2D eigenvalue weighted by atomic mass is 10.1. The molecule has 1 rings (SSSR count). The number of benzene rings is 1. The van der Waals surface area contributed by atoms with Crippen LogP contribution >= 0.6 is 0 Å². The van der Waals surface area contributed by atoms with Crippen molar-refractivity contribution in [3.05, 3.63) is 29.8 Å². The minimum atomic E-state index is -0.179. The molecule has 21 heavy (non-hydrogen) atoms. The lowest BCUT2D eigenvalue weighted by molar-refractivity contribution is 0.233. The number of rotatable bonds is 8. The van der Waals surface area contributed by atoms with E-state index in [9.17, 15) is 4.79 Å². The monoisotopic (exact) mass is 293 g/mol. The lowest BCUT2D eigenvalue weighted by Gasteiger charge is -2.13. The predicted molar refractivity (Wildman–Crippen MR) is 86.3 cm³/mol. The van der Waals surface area contributed by atoms with Gasteiger partial charge in [0.1, 0.15) is 0 Å². The predicted octanol–water partition coefficient (Wildman–Crippen LogP) is 2.32. The molecule has 1 atom stereocenters. The molecule has 0 radical (unpaired) electrons. The number of hydrogen-bond acceptors (Lipinski definition) is 3. The molecule has 1 aromatic carbocycles. The maximum Gasteiger partial charge on any atom is 0.315 e. The van der Waals surface area contributed by atoms with E-state index in [1.807, 2.05) is 31.2 Å². The Morgan fingerprint density at radius 1 is 1.24 bits per heavy atom. The van der Waals surface area contributed by atoms with Crippen molar-refractivity contribution in [2.24, 2.45) is 5.92 Å². The largest absolute Gasteiger partial charge is 0.396 e. The summed E-state index contributed by atoms with van der Waals surface area (Å²) in [5.74, 6) is 0.277. The molecular formula is C16H27N3O2. The standard InChI is InChI=1S/C16H27N3O2/c1-12(2)19-15-6-4-5-14(9-15)11-18-16(21)17-10-13(3)7-8-20/h4-6,9,12-13,19-20H,7-8,10-11H2,1-3H3,(H2,17,18,21). The Kier molecular flexibility index (Phi) is 7.61. The molecule has 118 valence electrons. The summed E-state index contributed by atoms with van der Waals surface area (Å²) in [6, 6.07) is 8.21. The zero-order valence-electron chi connectivity index (χ0n) is 13.1. The van der Waals surface area contributed by atoms with E-state index >= 15 is 0 Å². The second-order valence-corrected chi connectivity index (χ2v) is 5.68. The summed E-state index contributed by atoms with van der Waals surface area (Å²) in [6.45, 7) is 7.39. The van der Waals surface area contributed by atoms with E-state index in [4.69, 9.17) is 5.11 Å². The van der Waals surface area contributed by atoms with Crippen molar-refractivity contribution in [1.29, 1.82) is 0 Å². The van der Waals surface area contributed by atoms with Crippen LogP contribution in [0.3, 0.4) is 0 Å². The Balaban J connectivity index is 2.35. The Labute approximate surface area is 127 Å². The number of nitrogens with one attached hydrogen (secondary N) is 3. The molecule has 4 N–H and O–H groups in total. The highest BCUT2D eigenvalue weighted by Crippen LogP contribution is 2.11. The number of aliphatic hydroxyl groups excluding tert-OH is 1. The van der Waals surface area contributed by atoms with Gasteiger partial charge in [0.25, 0.3) is 0 Å². The molecule has 0 aliphatic carbocycles. The minimum Gasteiger partial charge on any atom is -0.396 e. The molecule has 1 unspecified atom stereocenters. The highest BCUT2D eigenvalue weighted by molar-refractivity contribution is 5.73. The number of hydrogen-bond donors (Lipinski definition) is 4. The van der Waals surface area contributed by atoms with E-state index in [1.165, 1.54) is 0 Å². The minimum absolute atomic E-state index is 0.153. The first-order valence-corrected chi connectivity index (χ1v) is 7.49. The normalized spacial score (nSPS) is 12.0. The van der Waals surface area contributed by atoms with Crippen molar-refractivity contribution in [1.82, 2.24) is 10.6 Å². The Morgan fingerprint density at radius 3 is 2.67 bits per heavy atom. The highest BCUT2D eigenvalue weighted by Gasteiger charge is 2.05. The quantitative estimate of drug-likeness (QED) is 0.594. The zero-order chi connectivity index (χ0) is 15.7. The molecular weight excluding hydrogens is 266 g/mol. The van der Waals surface area contributed by atoms with Gasteiger partial charge in [0, 0.05) is 31.4 Å². The van der Waals surface area contributed by atoms with Crippen molar-refractivity contribution in [2.45, 2.75) is 39.8 Å². The van der Waals surface area contributed by atoms with Crippen molar-refractivity contribution in [3.63, 3.8) is 0 Å². The number of urea groups is 1. The molecule has 0 aromatic heterocycles. The van der Waals surface area contributed by atoms with Crippen LogP contribution in [0.15, 0.2) is 24.3 Å². The molecule has 0 aliphatic rings. The fourth-order valence-electron chi connectivity index (χ4n) is 1.94. The number of carbonyl (C=O) groups excluding carboxylic acids is 1. The molecule has 2 amide bonds. The number of aliphatic hydroxyl groups is 1. The van der Waals surface area contributed by atoms with Gasteiger partial charge >= 0.3 is 6.03 Å². The molecule has 0 aliphatic heterocycles. The van der Waals surface area contributed by atoms with Crippen molar-refractivity contribution >= 4 is 11.7 Å². The van der Waals surface area contributed by atoms with E-state index in [0.29, 0.717) is 25.6 Å². The smallest absolute Gasteiger partial charge is 0.315 e. The highest BCUT2D eigenvalue weighted by atomic mass is 16.3. The summed E-state index contributed by atoms with van der Waals surface area (Å²) in [5.41, 5.74) is 2.11. The first-order valence-electron chi connectivity index (χ1n) is 7.49. The third-order valence-electron chi connectivity index (χ3n) is 3.07. The molecule has 5 heteroatoms. The third kappa shape index (κ3) is 7.56. The summed E-state index contributed by atoms with van der Waals surface area (Å²) in [6.07, 6.45) is 0.698. The molecule has 0 bridgehead atoms. The molecule has 5 nitrogen and oxygen atoms in total. The molecule has 0 spiro atoms. The topological polar surface area (TPSA) is 73.4 Å². The lowest BCUT2D eigenvalue weighted by Crippen LogP contribution is -2.37. The Bertz CT molecular complexity index is 435. The average Bonchev–Trinajstić information content (AvgIpc) is 2.43. The van der Waals surface area contributed by atoms with Crippen molar-refractivity contribution < 1.29 is 9.90 Å². The first kappa shape index (κ1) is 17.3. The fourth-order valence-corrected chi connectivity index (χ4v) is 1.94. The second-order valence-electron chi connectivity index (χ2n) is 5.68. The van der Waals surface area contributed by atoms with Gasteiger partial charge in [-0.3, -0.25) is 0 Å². The van der Waals surface area contributed by atoms with Gasteiger partial charge in [-0.15, -0.1) is 0 Å². The maximum atomic E-state index is 11.7. The van der Waals surface area contributed by atoms with Gasteiger partial charge in [0.2, 0.25) is 0 Å². The van der Waals surface area contributed by atoms with Gasteiger partial charge in [0.05, 0.1) is 0 Å². The van der Waals surface area contributed by atoms with Crippen LogP contribution in [-0.2, 0) is 6.54 Å². The van der Waals surface area contributed by atoms with Crippen LogP contribution in [0.2, 0.25) is 0 Å². The summed E-state index contributed by atoms with van der Waals surface area (Å²) < 4.78 is 0. The number of anilines is 1. The van der Waals surface area contributed by atoms with Gasteiger partial charge in [-0.05, 0) is 43.9 Å². The van der Waals surface area contributed by atoms with Gasteiger partial charge in [-0.25, -0.2) is 4.79 Å². The number of amides is 2. The van der Waals surface area contributed by atoms with Gasteiger partial charge in [-0.2, -0.15) is 0 Å². The van der Waals surface area contributed by atoms with Crippen LogP contribution in [0.4, 0.5) is 10.5 Å². The van der Waals surface area contributed by atoms with Gasteiger partial charge in [0.15, 0.2) is 0 Å². The summed E-state index contributed by atoms with van der Waals surface area (Å²) in [5, 5.41) is 17.8. The van der Waals surface area contributed by atoms with E-state index in [1.54, 1.807) is 0 Å². The van der Waals surface area contributed by atoms with Crippen LogP contribution in [0.1, 0.15) is 32.8 Å². The van der Waals surface area contributed by atoms with Crippen molar-refractivity contribution in [2.75, 3.05) is 18.5 Å². The summed E-state index contributed by atoms with van der Waals surface area (Å²) in [7, 11) is 0. The summed E-state index contributed by atoms with van der Waals surface area (Å²) >= 11 is 0. The molecule has 0 saturated heterocycles. The van der Waals surface area contributed by atoms with E-state index in [-0.39, 0.29) is 18.6 Å². The average molecular weight is 293 g/mol. The maximum absolute atomic E-state index is 11.7. The van der Waals surface area contributed by atoms with Crippen LogP contribution < -0.4 is 16.0 Å². The first-order chi connectivity index (χ1) is 10.0. The zero-order valence-corrected chi connectivity index (χ0v) is 13.1. The SMILES string of the molecule is CC(CCO)CNC(=O)NCc1cccc(NC(C)C)c1. The summed E-state index contributed by atoms with van der Waals surface area (Å²) in [4.78, 5) is 11.7. The third-order valence-corrected chi connectivity index (χ3v) is 3.07. The van der Waals surface area contributed by atoms with Crippen LogP contribution in [0.5, 0.6) is 0 Å². The Morgan fingerprint density at radius 2 is 2.00 bits per heavy atom. The van der Waals surface area contributed by atoms with Crippen molar-refractivity contribution in [3.8, 4) is 0 Å². The molecule has 0 heterocycles. The van der Waals surface area contributed by atoms with E-state index in [0.717, 1.165) is 11.3 Å². The van der Waals surface area contributed by atoms with Gasteiger partial charge in [-0.1, -0.05) is 19.1 Å². The number of carbonyl (C=O) groups is 1. The molecule has 0 saturated carbocycles. The van der Waals surface area contributed by atoms with Crippen LogP contribution in [-0.4, -0.2) is 30.3 Å². The Hall–Kier alpha value is -1.75. The van der Waals surface area contributed by atoms with Gasteiger partial charge < -0.3 is 21.1 Å².